The van der Waals surface area contributed by atoms with Crippen LogP contribution in [-0.4, -0.2) is 45.6 Å². The lowest BCUT2D eigenvalue weighted by Crippen LogP contribution is -2.51. The third-order valence-electron chi connectivity index (χ3n) is 6.18. The number of carbonyl (C=O) groups is 2. The Hall–Kier alpha value is -3.16. The maximum Gasteiger partial charge on any atom is 0.389 e. The van der Waals surface area contributed by atoms with Gasteiger partial charge in [-0.3, -0.25) is 14.3 Å². The van der Waals surface area contributed by atoms with Gasteiger partial charge in [-0.2, -0.15) is 18.3 Å². The number of rotatable bonds is 7. The van der Waals surface area contributed by atoms with E-state index in [9.17, 15) is 42.2 Å². The molecule has 0 N–H and O–H groups in total. The monoisotopic (exact) mass is 555 g/mol. The highest BCUT2D eigenvalue weighted by atomic mass is 32.5. The highest BCUT2D eigenvalue weighted by Gasteiger charge is 2.65. The molecular formula is C23H21F8N3O2S. The molecule has 1 aliphatic rings. The molecule has 2 heterocycles. The number of benzene rings is 2. The van der Waals surface area contributed by atoms with Gasteiger partial charge in [-0.25, -0.2) is 0 Å². The summed E-state index contributed by atoms with van der Waals surface area (Å²) in [7, 11) is -9.82. The van der Waals surface area contributed by atoms with Crippen molar-refractivity contribution >= 4 is 32.8 Å². The van der Waals surface area contributed by atoms with Gasteiger partial charge in [0.1, 0.15) is 4.90 Å². The zero-order chi connectivity index (χ0) is 27.5. The van der Waals surface area contributed by atoms with Crippen LogP contribution in [0.4, 0.5) is 32.6 Å². The molecule has 0 radical (unpaired) electrons. The molecule has 0 unspecified atom stereocenters. The molecule has 0 aliphatic carbocycles. The fourth-order valence-electron chi connectivity index (χ4n) is 4.22. The van der Waals surface area contributed by atoms with Gasteiger partial charge in [-0.15, -0.1) is 0 Å². The molecule has 0 bridgehead atoms. The van der Waals surface area contributed by atoms with Gasteiger partial charge in [0.2, 0.25) is 0 Å². The number of amides is 1. The molecule has 1 fully saturated rings. The number of fused-ring (bicyclic) bond motifs is 1. The number of nitrogens with zero attached hydrogens (tertiary/aromatic N) is 3. The predicted octanol–water partition coefficient (Wildman–Crippen LogP) is 7.30. The zero-order valence-corrected chi connectivity index (χ0v) is 20.1. The van der Waals surface area contributed by atoms with Crippen molar-refractivity contribution in [2.75, 3.05) is 13.1 Å². The Bertz CT molecular complexity index is 1380. The third kappa shape index (κ3) is 6.05. The molecule has 3 aromatic rings. The molecule has 202 valence electrons. The van der Waals surface area contributed by atoms with Crippen LogP contribution in [0.5, 0.6) is 0 Å². The fraction of sp³-hybridized carbons (Fsp3) is 0.348. The van der Waals surface area contributed by atoms with Crippen LogP contribution in [0, 0.1) is 12.8 Å². The third-order valence-corrected chi connectivity index (χ3v) is 7.34. The van der Waals surface area contributed by atoms with Crippen LogP contribution < -0.4 is 0 Å². The van der Waals surface area contributed by atoms with Crippen molar-refractivity contribution in [1.29, 1.82) is 0 Å². The summed E-state index contributed by atoms with van der Waals surface area (Å²) in [6, 6.07) is 4.84. The Kier molecular flexibility index (Phi) is 5.94. The van der Waals surface area contributed by atoms with E-state index >= 15 is 0 Å². The summed E-state index contributed by atoms with van der Waals surface area (Å²) in [5, 5.41) is 5.01. The first-order chi connectivity index (χ1) is 16.8. The normalized spacial score (nSPS) is 16.8. The van der Waals surface area contributed by atoms with Gasteiger partial charge >= 0.3 is 16.4 Å². The lowest BCUT2D eigenvalue weighted by Gasteiger charge is -2.41. The van der Waals surface area contributed by atoms with Crippen LogP contribution in [0.15, 0.2) is 47.5 Å². The maximum atomic E-state index is 12.9. The molecule has 37 heavy (non-hydrogen) atoms. The summed E-state index contributed by atoms with van der Waals surface area (Å²) in [6.45, 7) is 2.52. The van der Waals surface area contributed by atoms with E-state index < -0.39 is 45.8 Å². The van der Waals surface area contributed by atoms with E-state index in [2.05, 4.69) is 5.10 Å². The van der Waals surface area contributed by atoms with Crippen molar-refractivity contribution in [3.8, 4) is 0 Å². The highest BCUT2D eigenvalue weighted by Crippen LogP contribution is 3.02. The van der Waals surface area contributed by atoms with E-state index in [1.54, 1.807) is 23.9 Å². The second-order valence-corrected chi connectivity index (χ2v) is 11.5. The van der Waals surface area contributed by atoms with Crippen LogP contribution in [0.2, 0.25) is 0 Å². The van der Waals surface area contributed by atoms with Crippen molar-refractivity contribution in [3.05, 3.63) is 59.3 Å². The van der Waals surface area contributed by atoms with Crippen LogP contribution in [0.3, 0.4) is 0 Å². The van der Waals surface area contributed by atoms with Crippen molar-refractivity contribution in [2.45, 2.75) is 37.4 Å². The number of aromatic nitrogens is 2. The largest absolute Gasteiger partial charge is 0.389 e. The van der Waals surface area contributed by atoms with Gasteiger partial charge in [-0.1, -0.05) is 19.4 Å². The summed E-state index contributed by atoms with van der Waals surface area (Å²) >= 11 is 0. The lowest BCUT2D eigenvalue weighted by molar-refractivity contribution is -0.133. The molecular weight excluding hydrogens is 534 g/mol. The first-order valence-electron chi connectivity index (χ1n) is 11.0. The van der Waals surface area contributed by atoms with Gasteiger partial charge in [-0.05, 0) is 48.9 Å². The minimum Gasteiger partial charge on any atom is -0.338 e. The summed E-state index contributed by atoms with van der Waals surface area (Å²) in [5.74, 6) is -1.25. The molecule has 0 saturated carbocycles. The smallest absolute Gasteiger partial charge is 0.338 e. The second-order valence-electron chi connectivity index (χ2n) is 9.13. The summed E-state index contributed by atoms with van der Waals surface area (Å²) in [4.78, 5) is 24.0. The average Bonchev–Trinajstić information content (AvgIpc) is 3.16. The average molecular weight is 555 g/mol. The van der Waals surface area contributed by atoms with Crippen LogP contribution in [0.1, 0.15) is 39.1 Å². The van der Waals surface area contributed by atoms with Crippen molar-refractivity contribution in [1.82, 2.24) is 14.7 Å². The minimum absolute atomic E-state index is 0.0459. The molecule has 1 amide bonds. The van der Waals surface area contributed by atoms with Gasteiger partial charge in [0.05, 0.1) is 11.9 Å². The van der Waals surface area contributed by atoms with Crippen molar-refractivity contribution in [2.24, 2.45) is 5.92 Å². The molecule has 1 aliphatic heterocycles. The Labute approximate surface area is 205 Å². The quantitative estimate of drug-likeness (QED) is 0.227. The van der Waals surface area contributed by atoms with Gasteiger partial charge in [0.15, 0.2) is 5.78 Å². The van der Waals surface area contributed by atoms with Crippen molar-refractivity contribution in [3.63, 3.8) is 0 Å². The Balaban J connectivity index is 1.38. The summed E-state index contributed by atoms with van der Waals surface area (Å²) < 4.78 is 103. The number of hydrogen-bond donors (Lipinski definition) is 0. The maximum absolute atomic E-state index is 12.9. The molecule has 1 aromatic heterocycles. The molecule has 2 aromatic carbocycles. The number of likely N-dealkylation sites (tertiary alicyclic amines) is 1. The van der Waals surface area contributed by atoms with E-state index in [4.69, 9.17) is 0 Å². The number of aryl methyl sites for hydroxylation is 1. The topological polar surface area (TPSA) is 55.2 Å². The van der Waals surface area contributed by atoms with Crippen molar-refractivity contribution < 1.29 is 42.2 Å². The van der Waals surface area contributed by atoms with Crippen LogP contribution in [-0.2, 0) is 6.54 Å². The lowest BCUT2D eigenvalue weighted by atomic mass is 9.98. The van der Waals surface area contributed by atoms with Gasteiger partial charge < -0.3 is 4.90 Å². The first-order valence-corrected chi connectivity index (χ1v) is 13.0. The second kappa shape index (κ2) is 8.17. The van der Waals surface area contributed by atoms with Crippen LogP contribution in [0.25, 0.3) is 10.9 Å². The van der Waals surface area contributed by atoms with E-state index in [1.165, 1.54) is 11.0 Å². The summed E-state index contributed by atoms with van der Waals surface area (Å²) in [5.41, 5.74) is 1.10. The molecule has 5 nitrogen and oxygen atoms in total. The van der Waals surface area contributed by atoms with Crippen LogP contribution >= 0.6 is 10.2 Å². The molecule has 4 rings (SSSR count). The Morgan fingerprint density at radius 2 is 1.62 bits per heavy atom. The van der Waals surface area contributed by atoms with E-state index in [-0.39, 0.29) is 42.3 Å². The Morgan fingerprint density at radius 3 is 2.19 bits per heavy atom. The SMILES string of the molecule is Cc1c(C(=O)CCC(F)(F)F)ccc2nn(CC3CN(C(=O)c4ccc(S(F)(F)(F)(F)F)cc4)C3)cc12. The van der Waals surface area contributed by atoms with E-state index in [0.717, 1.165) is 12.1 Å². The number of alkyl halides is 3. The molecule has 14 heteroatoms. The number of carbonyl (C=O) groups excluding carboxylic acids is 2. The minimum atomic E-state index is -9.82. The Morgan fingerprint density at radius 1 is 1.00 bits per heavy atom. The molecule has 1 saturated heterocycles. The zero-order valence-electron chi connectivity index (χ0n) is 19.2. The number of hydrogen-bond acceptors (Lipinski definition) is 3. The number of halogens is 8. The van der Waals surface area contributed by atoms with Gasteiger partial charge in [0, 0.05) is 54.7 Å². The fourth-order valence-corrected chi connectivity index (χ4v) is 4.87. The van der Waals surface area contributed by atoms with E-state index in [0.29, 0.717) is 23.0 Å². The number of ketones is 1. The predicted molar refractivity (Wildman–Crippen MR) is 121 cm³/mol. The summed E-state index contributed by atoms with van der Waals surface area (Å²) in [6.07, 6.45) is -4.63. The standard InChI is InChI=1S/C23H21F8N3O2S/c1-14-18(21(35)8-9-23(24,25)26)6-7-20-19(14)13-34(32-20)12-15-10-33(11-15)22(36)16-2-4-17(5-3-16)37(27,28,29,30)31/h2-7,13,15H,8-12H2,1H3. The molecule has 0 spiro atoms. The molecule has 0 atom stereocenters. The number of Topliss-reactive ketones (excluding diaryl/α,β-unsaturated/α-hetero) is 1. The highest BCUT2D eigenvalue weighted by molar-refractivity contribution is 8.45. The first kappa shape index (κ1) is 26.9. The van der Waals surface area contributed by atoms with Gasteiger partial charge in [0.25, 0.3) is 5.91 Å². The van der Waals surface area contributed by atoms with E-state index in [1.807, 2.05) is 0 Å².